The van der Waals surface area contributed by atoms with Gasteiger partial charge >= 0.3 is 0 Å². The number of nitrogens with zero attached hydrogens (tertiary/aromatic N) is 5. The third-order valence-electron chi connectivity index (χ3n) is 2.31. The molecule has 6 nitrogen and oxygen atoms in total. The molecule has 0 aliphatic heterocycles. The zero-order chi connectivity index (χ0) is 11.7. The fourth-order valence-corrected chi connectivity index (χ4v) is 1.65. The number of aryl methyl sites for hydroxylation is 2. The molecule has 16 heavy (non-hydrogen) atoms. The fourth-order valence-electron chi connectivity index (χ4n) is 1.33. The minimum Gasteiger partial charge on any atom is -0.319 e. The summed E-state index contributed by atoms with van der Waals surface area (Å²) in [4.78, 5) is 16.0. The summed E-state index contributed by atoms with van der Waals surface area (Å²) in [6, 6.07) is 0. The van der Waals surface area contributed by atoms with Crippen LogP contribution in [0.1, 0.15) is 11.6 Å². The van der Waals surface area contributed by atoms with Gasteiger partial charge in [-0.25, -0.2) is 4.98 Å². The van der Waals surface area contributed by atoms with Gasteiger partial charge in [0.2, 0.25) is 0 Å². The van der Waals surface area contributed by atoms with E-state index in [1.54, 1.807) is 22.4 Å². The van der Waals surface area contributed by atoms with E-state index in [0.29, 0.717) is 22.7 Å². The Morgan fingerprint density at radius 3 is 2.88 bits per heavy atom. The second kappa shape index (κ2) is 4.17. The van der Waals surface area contributed by atoms with E-state index in [4.69, 9.17) is 0 Å². The van der Waals surface area contributed by atoms with Crippen molar-refractivity contribution in [2.24, 2.45) is 7.05 Å². The van der Waals surface area contributed by atoms with E-state index >= 15 is 0 Å². The van der Waals surface area contributed by atoms with Crippen molar-refractivity contribution in [1.29, 1.82) is 0 Å². The molecule has 0 bridgehead atoms. The normalized spacial score (nSPS) is 10.7. The predicted octanol–water partition coefficient (Wildman–Crippen LogP) is 0.491. The van der Waals surface area contributed by atoms with E-state index in [0.717, 1.165) is 0 Å². The minimum atomic E-state index is -0.115. The summed E-state index contributed by atoms with van der Waals surface area (Å²) in [6.07, 6.45) is 3.10. The van der Waals surface area contributed by atoms with Gasteiger partial charge in [-0.1, -0.05) is 0 Å². The maximum Gasteiger partial charge on any atom is 0.268 e. The summed E-state index contributed by atoms with van der Waals surface area (Å²) in [5.41, 5.74) is -0.115. The van der Waals surface area contributed by atoms with Gasteiger partial charge < -0.3 is 4.57 Å². The van der Waals surface area contributed by atoms with Crippen molar-refractivity contribution < 1.29 is 0 Å². The lowest BCUT2D eigenvalue weighted by molar-refractivity contribution is 0.639. The number of aromatic nitrogens is 5. The van der Waals surface area contributed by atoms with Crippen molar-refractivity contribution in [3.8, 4) is 0 Å². The van der Waals surface area contributed by atoms with Gasteiger partial charge in [-0.05, 0) is 22.9 Å². The lowest BCUT2D eigenvalue weighted by Gasteiger charge is -2.08. The lowest BCUT2D eigenvalue weighted by atomic mass is 10.5. The first kappa shape index (κ1) is 11.0. The molecule has 0 aromatic carbocycles. The average molecular weight is 284 g/mol. The Hall–Kier alpha value is -1.50. The van der Waals surface area contributed by atoms with Crippen molar-refractivity contribution >= 4 is 15.9 Å². The molecule has 84 valence electrons. The van der Waals surface area contributed by atoms with Crippen LogP contribution in [0, 0.1) is 6.92 Å². The predicted molar refractivity (Wildman–Crippen MR) is 61.0 cm³/mol. The zero-order valence-corrected chi connectivity index (χ0v) is 10.5. The monoisotopic (exact) mass is 283 g/mol. The van der Waals surface area contributed by atoms with Crippen LogP contribution in [-0.2, 0) is 13.6 Å². The van der Waals surface area contributed by atoms with Crippen LogP contribution >= 0.6 is 15.9 Å². The molecular weight excluding hydrogens is 274 g/mol. The van der Waals surface area contributed by atoms with Crippen LogP contribution in [0.4, 0.5) is 0 Å². The van der Waals surface area contributed by atoms with Crippen LogP contribution in [0.2, 0.25) is 0 Å². The van der Waals surface area contributed by atoms with Crippen LogP contribution in [0.25, 0.3) is 0 Å². The van der Waals surface area contributed by atoms with Crippen LogP contribution < -0.4 is 5.56 Å². The average Bonchev–Trinajstić information content (AvgIpc) is 2.65. The Labute approximate surface area is 100 Å². The van der Waals surface area contributed by atoms with E-state index in [1.807, 2.05) is 7.05 Å². The Bertz CT molecular complexity index is 574. The zero-order valence-electron chi connectivity index (χ0n) is 8.88. The minimum absolute atomic E-state index is 0.115. The Kier molecular flexibility index (Phi) is 2.86. The third-order valence-corrected chi connectivity index (χ3v) is 2.85. The van der Waals surface area contributed by atoms with Crippen LogP contribution in [0.3, 0.4) is 0 Å². The second-order valence-corrected chi connectivity index (χ2v) is 4.26. The molecule has 0 saturated heterocycles. The molecule has 7 heteroatoms. The fraction of sp³-hybridized carbons (Fsp3) is 0.333. The van der Waals surface area contributed by atoms with Crippen molar-refractivity contribution in [2.75, 3.05) is 0 Å². The molecule has 0 saturated carbocycles. The summed E-state index contributed by atoms with van der Waals surface area (Å²) >= 11 is 3.16. The molecule has 0 fully saturated rings. The molecule has 2 heterocycles. The Morgan fingerprint density at radius 2 is 2.25 bits per heavy atom. The van der Waals surface area contributed by atoms with E-state index < -0.39 is 0 Å². The van der Waals surface area contributed by atoms with Crippen molar-refractivity contribution in [1.82, 2.24) is 24.3 Å². The summed E-state index contributed by atoms with van der Waals surface area (Å²) in [5, 5.41) is 7.70. The highest BCUT2D eigenvalue weighted by molar-refractivity contribution is 9.10. The molecule has 0 unspecified atom stereocenters. The van der Waals surface area contributed by atoms with E-state index in [-0.39, 0.29) is 5.56 Å². The molecule has 2 aromatic rings. The summed E-state index contributed by atoms with van der Waals surface area (Å²) in [6.45, 7) is 2.15. The van der Waals surface area contributed by atoms with Gasteiger partial charge in [0, 0.05) is 13.2 Å². The standard InChI is InChI=1S/C9H10BrN5O/c1-6-11-3-7(10)9(16)15(6)4-8-13-12-5-14(8)2/h3,5H,4H2,1-2H3. The third kappa shape index (κ3) is 1.90. The second-order valence-electron chi connectivity index (χ2n) is 3.40. The topological polar surface area (TPSA) is 65.6 Å². The molecule has 0 atom stereocenters. The molecule has 0 aliphatic rings. The quantitative estimate of drug-likeness (QED) is 0.805. The van der Waals surface area contributed by atoms with Crippen molar-refractivity contribution in [3.05, 3.63) is 39.0 Å². The maximum absolute atomic E-state index is 11.8. The van der Waals surface area contributed by atoms with Gasteiger partial charge in [-0.2, -0.15) is 0 Å². The first-order valence-corrected chi connectivity index (χ1v) is 5.43. The summed E-state index contributed by atoms with van der Waals surface area (Å²) in [5.74, 6) is 1.36. The highest BCUT2D eigenvalue weighted by Crippen LogP contribution is 2.03. The molecule has 0 N–H and O–H groups in total. The van der Waals surface area contributed by atoms with Crippen LogP contribution in [0.15, 0.2) is 21.8 Å². The molecule has 0 spiro atoms. The molecule has 2 aromatic heterocycles. The van der Waals surface area contributed by atoms with Crippen molar-refractivity contribution in [2.45, 2.75) is 13.5 Å². The van der Waals surface area contributed by atoms with E-state index in [1.165, 1.54) is 6.20 Å². The smallest absolute Gasteiger partial charge is 0.268 e. The van der Waals surface area contributed by atoms with Gasteiger partial charge in [0.05, 0.1) is 6.54 Å². The first-order chi connectivity index (χ1) is 7.59. The highest BCUT2D eigenvalue weighted by atomic mass is 79.9. The van der Waals surface area contributed by atoms with E-state index in [2.05, 4.69) is 31.1 Å². The summed E-state index contributed by atoms with van der Waals surface area (Å²) < 4.78 is 3.77. The number of hydrogen-bond donors (Lipinski definition) is 0. The van der Waals surface area contributed by atoms with Crippen LogP contribution in [-0.4, -0.2) is 24.3 Å². The molecule has 2 rings (SSSR count). The molecular formula is C9H10BrN5O. The van der Waals surface area contributed by atoms with Gasteiger partial charge in [0.1, 0.15) is 16.6 Å². The number of rotatable bonds is 2. The van der Waals surface area contributed by atoms with Gasteiger partial charge in [-0.3, -0.25) is 9.36 Å². The summed E-state index contributed by atoms with van der Waals surface area (Å²) in [7, 11) is 1.83. The Balaban J connectivity index is 2.46. The maximum atomic E-state index is 11.8. The molecule has 0 aliphatic carbocycles. The largest absolute Gasteiger partial charge is 0.319 e. The van der Waals surface area contributed by atoms with Gasteiger partial charge in [0.15, 0.2) is 5.82 Å². The van der Waals surface area contributed by atoms with Gasteiger partial charge in [-0.15, -0.1) is 10.2 Å². The molecule has 0 radical (unpaired) electrons. The van der Waals surface area contributed by atoms with Crippen molar-refractivity contribution in [3.63, 3.8) is 0 Å². The van der Waals surface area contributed by atoms with Crippen LogP contribution in [0.5, 0.6) is 0 Å². The number of halogens is 1. The SMILES string of the molecule is Cc1ncc(Br)c(=O)n1Cc1nncn1C. The van der Waals surface area contributed by atoms with E-state index in [9.17, 15) is 4.79 Å². The highest BCUT2D eigenvalue weighted by Gasteiger charge is 2.08. The number of hydrogen-bond acceptors (Lipinski definition) is 4. The first-order valence-electron chi connectivity index (χ1n) is 4.64. The Morgan fingerprint density at radius 1 is 1.50 bits per heavy atom. The van der Waals surface area contributed by atoms with Gasteiger partial charge in [0.25, 0.3) is 5.56 Å². The molecule has 0 amide bonds. The lowest BCUT2D eigenvalue weighted by Crippen LogP contribution is -2.25.